The molecule has 2 saturated heterocycles. The van der Waals surface area contributed by atoms with E-state index in [1.54, 1.807) is 6.07 Å². The molecule has 3 aliphatic rings. The van der Waals surface area contributed by atoms with Gasteiger partial charge in [-0.1, -0.05) is 51.1 Å². The number of sulfonamides is 1. The molecule has 3 aromatic rings. The summed E-state index contributed by atoms with van der Waals surface area (Å²) in [4.78, 5) is 17.9. The van der Waals surface area contributed by atoms with Gasteiger partial charge in [-0.15, -0.1) is 0 Å². The predicted octanol–water partition coefficient (Wildman–Crippen LogP) is 4.92. The van der Waals surface area contributed by atoms with Crippen molar-refractivity contribution in [2.24, 2.45) is 17.3 Å². The molecule has 2 aliphatic heterocycles. The average Bonchev–Trinajstić information content (AvgIpc) is 3.69. The minimum Gasteiger partial charge on any atom is -0.443 e. The fourth-order valence-electron chi connectivity index (χ4n) is 7.44. The van der Waals surface area contributed by atoms with Crippen LogP contribution in [0.15, 0.2) is 57.8 Å². The number of carbonyl (C=O) groups excluding carboxylic acids is 1. The number of benzene rings is 2. The Kier molecular flexibility index (Phi) is 10.1. The Morgan fingerprint density at radius 3 is 2.62 bits per heavy atom. The van der Waals surface area contributed by atoms with Gasteiger partial charge in [-0.3, -0.25) is 0 Å². The van der Waals surface area contributed by atoms with Crippen molar-refractivity contribution in [3.05, 3.63) is 54.1 Å². The molecule has 7 atom stereocenters. The van der Waals surface area contributed by atoms with Gasteiger partial charge in [-0.25, -0.2) is 13.2 Å². The van der Waals surface area contributed by atoms with E-state index in [-0.39, 0.29) is 60.1 Å². The second-order valence-corrected chi connectivity index (χ2v) is 16.1. The number of aliphatic hydroxyl groups excluding tert-OH is 1. The number of anilines is 1. The maximum absolute atomic E-state index is 14.1. The number of aromatic nitrogens is 1. The van der Waals surface area contributed by atoms with E-state index >= 15 is 0 Å². The predicted molar refractivity (Wildman–Crippen MR) is 180 cm³/mol. The maximum atomic E-state index is 14.1. The number of aliphatic hydroxyl groups is 1. The van der Waals surface area contributed by atoms with Crippen molar-refractivity contribution in [3.63, 3.8) is 0 Å². The highest BCUT2D eigenvalue weighted by atomic mass is 32.2. The molecule has 2 aromatic carbocycles. The minimum absolute atomic E-state index is 0.0242. The maximum Gasteiger partial charge on any atom is 0.407 e. The normalized spacial score (nSPS) is 26.4. The van der Waals surface area contributed by atoms with Crippen LogP contribution < -0.4 is 10.6 Å². The molecular formula is C35H48N4O8S. The third-order valence-corrected chi connectivity index (χ3v) is 11.7. The van der Waals surface area contributed by atoms with Crippen molar-refractivity contribution in [2.45, 2.75) is 102 Å². The van der Waals surface area contributed by atoms with E-state index in [1.165, 1.54) is 16.4 Å². The standard InChI is InChI=1S/C35H48N4O8S/c1-6-35-17-31-30(15-24(35)20-44-32(35)45-31)47-34(41)38-27(14-23-10-8-7-9-11-23)28(40)19-39(18-21(2)3)48(42,43)25-12-13-26-29(16-25)46-33(37-26)36-22(4)5/h7-13,16,21-22,24,27-28,30-32,40H,6,14-15,17-20H2,1-5H3,(H,36,37)(H,38,41)/t24-,27+,28-,30?,31?,32-,35-/m1/s1. The number of hydrogen-bond acceptors (Lipinski definition) is 10. The van der Waals surface area contributed by atoms with Gasteiger partial charge in [-0.05, 0) is 69.1 Å². The van der Waals surface area contributed by atoms with Gasteiger partial charge in [0.25, 0.3) is 6.01 Å². The van der Waals surface area contributed by atoms with Gasteiger partial charge < -0.3 is 34.4 Å². The Morgan fingerprint density at radius 1 is 1.15 bits per heavy atom. The molecule has 0 spiro atoms. The van der Waals surface area contributed by atoms with E-state index in [2.05, 4.69) is 22.5 Å². The number of rotatable bonds is 14. The van der Waals surface area contributed by atoms with Crippen molar-refractivity contribution < 1.29 is 36.9 Å². The molecule has 2 unspecified atom stereocenters. The first-order chi connectivity index (χ1) is 22.9. The molecule has 262 valence electrons. The second kappa shape index (κ2) is 13.9. The van der Waals surface area contributed by atoms with E-state index in [9.17, 15) is 18.3 Å². The lowest BCUT2D eigenvalue weighted by molar-refractivity contribution is -0.152. The molecule has 3 fully saturated rings. The zero-order valence-electron chi connectivity index (χ0n) is 28.3. The second-order valence-electron chi connectivity index (χ2n) is 14.2. The van der Waals surface area contributed by atoms with Crippen LogP contribution in [0, 0.1) is 17.3 Å². The van der Waals surface area contributed by atoms with Crippen molar-refractivity contribution >= 4 is 33.2 Å². The molecule has 3 N–H and O–H groups in total. The van der Waals surface area contributed by atoms with Crippen molar-refractivity contribution in [2.75, 3.05) is 25.0 Å². The van der Waals surface area contributed by atoms with Gasteiger partial charge >= 0.3 is 6.09 Å². The molecule has 48 heavy (non-hydrogen) atoms. The van der Waals surface area contributed by atoms with Gasteiger partial charge in [0, 0.05) is 30.6 Å². The van der Waals surface area contributed by atoms with Crippen molar-refractivity contribution in [1.82, 2.24) is 14.6 Å². The summed E-state index contributed by atoms with van der Waals surface area (Å²) >= 11 is 0. The van der Waals surface area contributed by atoms with Crippen LogP contribution >= 0.6 is 0 Å². The highest BCUT2D eigenvalue weighted by Gasteiger charge is 2.63. The smallest absolute Gasteiger partial charge is 0.407 e. The molecule has 6 rings (SSSR count). The lowest BCUT2D eigenvalue weighted by Gasteiger charge is -2.38. The topological polar surface area (TPSA) is 152 Å². The zero-order chi connectivity index (χ0) is 34.2. The first-order valence-electron chi connectivity index (χ1n) is 17.0. The molecule has 2 bridgehead atoms. The SMILES string of the molecule is CC[C@]12CC3O[C@H]1OC[C@H]2CC3OC(=O)N[C@@H](Cc1ccccc1)[C@H](O)CN(CC(C)C)S(=O)(=O)c1ccc2nc(NC(C)C)oc2c1. The Bertz CT molecular complexity index is 1680. The largest absolute Gasteiger partial charge is 0.443 e. The number of carbonyl (C=O) groups is 1. The summed E-state index contributed by atoms with van der Waals surface area (Å²) in [6.07, 6.45) is -0.225. The number of ether oxygens (including phenoxy) is 3. The van der Waals surface area contributed by atoms with Crippen LogP contribution in [0.2, 0.25) is 0 Å². The summed E-state index contributed by atoms with van der Waals surface area (Å²) in [5, 5.41) is 17.7. The fourth-order valence-corrected chi connectivity index (χ4v) is 9.07. The van der Waals surface area contributed by atoms with Gasteiger partial charge in [0.05, 0.1) is 29.8 Å². The molecular weight excluding hydrogens is 636 g/mol. The van der Waals surface area contributed by atoms with E-state index in [0.717, 1.165) is 18.4 Å². The number of nitrogens with zero attached hydrogens (tertiary/aromatic N) is 2. The average molecular weight is 685 g/mol. The summed E-state index contributed by atoms with van der Waals surface area (Å²) in [6.45, 7) is 10.4. The van der Waals surface area contributed by atoms with E-state index in [4.69, 9.17) is 18.6 Å². The number of fused-ring (bicyclic) bond motifs is 2. The van der Waals surface area contributed by atoms with Crippen LogP contribution in [-0.4, -0.2) is 85.3 Å². The Balaban J connectivity index is 1.19. The summed E-state index contributed by atoms with van der Waals surface area (Å²) in [7, 11) is -4.08. The van der Waals surface area contributed by atoms with Crippen LogP contribution in [0.3, 0.4) is 0 Å². The third kappa shape index (κ3) is 7.07. The van der Waals surface area contributed by atoms with Crippen LogP contribution in [0.25, 0.3) is 11.1 Å². The molecule has 1 amide bonds. The van der Waals surface area contributed by atoms with Crippen molar-refractivity contribution in [3.8, 4) is 0 Å². The van der Waals surface area contributed by atoms with E-state index in [0.29, 0.717) is 30.1 Å². The lowest BCUT2D eigenvalue weighted by atomic mass is 9.66. The first kappa shape index (κ1) is 34.6. The van der Waals surface area contributed by atoms with E-state index in [1.807, 2.05) is 58.0 Å². The molecule has 1 aliphatic carbocycles. The van der Waals surface area contributed by atoms with Gasteiger partial charge in [-0.2, -0.15) is 9.29 Å². The van der Waals surface area contributed by atoms with Gasteiger partial charge in [0.2, 0.25) is 10.0 Å². The number of amides is 1. The van der Waals surface area contributed by atoms with E-state index < -0.39 is 34.4 Å². The molecule has 13 heteroatoms. The molecule has 1 saturated carbocycles. The molecule has 3 heterocycles. The summed E-state index contributed by atoms with van der Waals surface area (Å²) in [6, 6.07) is 13.6. The molecule has 12 nitrogen and oxygen atoms in total. The Labute approximate surface area is 282 Å². The summed E-state index contributed by atoms with van der Waals surface area (Å²) < 4.78 is 53.3. The molecule has 1 aromatic heterocycles. The first-order valence-corrected chi connectivity index (χ1v) is 18.5. The zero-order valence-corrected chi connectivity index (χ0v) is 29.1. The van der Waals surface area contributed by atoms with Crippen LogP contribution in [0.4, 0.5) is 10.8 Å². The third-order valence-electron chi connectivity index (χ3n) is 9.89. The van der Waals surface area contributed by atoms with Crippen LogP contribution in [-0.2, 0) is 30.7 Å². The van der Waals surface area contributed by atoms with Gasteiger partial charge in [0.1, 0.15) is 11.6 Å². The highest BCUT2D eigenvalue weighted by Crippen LogP contribution is 2.58. The monoisotopic (exact) mass is 684 g/mol. The summed E-state index contributed by atoms with van der Waals surface area (Å²) in [5.74, 6) is 0.208. The Hall–Kier alpha value is -3.23. The van der Waals surface area contributed by atoms with Gasteiger partial charge in [0.15, 0.2) is 11.9 Å². The number of nitrogens with one attached hydrogen (secondary N) is 2. The quantitative estimate of drug-likeness (QED) is 0.213. The number of alkyl carbamates (subject to hydrolysis) is 1. The highest BCUT2D eigenvalue weighted by molar-refractivity contribution is 7.89. The lowest BCUT2D eigenvalue weighted by Crippen LogP contribution is -2.52. The fraction of sp³-hybridized carbons (Fsp3) is 0.600. The number of oxazole rings is 1. The van der Waals surface area contributed by atoms with Crippen LogP contribution in [0.1, 0.15) is 59.4 Å². The minimum atomic E-state index is -4.08. The van der Waals surface area contributed by atoms with Crippen LogP contribution in [0.5, 0.6) is 0 Å². The molecule has 0 radical (unpaired) electrons. The number of hydrogen-bond donors (Lipinski definition) is 3. The van der Waals surface area contributed by atoms with Crippen molar-refractivity contribution in [1.29, 1.82) is 0 Å². The summed E-state index contributed by atoms with van der Waals surface area (Å²) in [5.41, 5.74) is 1.71. The Morgan fingerprint density at radius 2 is 1.92 bits per heavy atom.